The summed E-state index contributed by atoms with van der Waals surface area (Å²) in [6, 6.07) is 4.90. The predicted octanol–water partition coefficient (Wildman–Crippen LogP) is 1.98. The maximum Gasteiger partial charge on any atom is 0.320 e. The second-order valence-corrected chi connectivity index (χ2v) is 4.92. The van der Waals surface area contributed by atoms with Crippen LogP contribution in [0.1, 0.15) is 10.6 Å². The van der Waals surface area contributed by atoms with Gasteiger partial charge >= 0.3 is 5.97 Å². The van der Waals surface area contributed by atoms with Gasteiger partial charge in [0.25, 0.3) is 0 Å². The molecule has 0 amide bonds. The Balaban J connectivity index is 0.00000144. The molecular formula is C11H13ClN2O2S. The van der Waals surface area contributed by atoms with Gasteiger partial charge in [-0.2, -0.15) is 0 Å². The number of halogens is 1. The number of carboxylic acid groups (broad SMARTS) is 1. The molecule has 1 aromatic heterocycles. The molecule has 6 heteroatoms. The summed E-state index contributed by atoms with van der Waals surface area (Å²) in [6.07, 6.45) is 0.349. The van der Waals surface area contributed by atoms with Gasteiger partial charge in [-0.15, -0.1) is 23.7 Å². The predicted molar refractivity (Wildman–Crippen MR) is 70.9 cm³/mol. The first kappa shape index (κ1) is 13.9. The maximum absolute atomic E-state index is 10.6. The fraction of sp³-hybridized carbons (Fsp3) is 0.273. The summed E-state index contributed by atoms with van der Waals surface area (Å²) in [6.45, 7) is 1.95. The molecule has 3 N–H and O–H groups in total. The lowest BCUT2D eigenvalue weighted by atomic mass is 10.1. The van der Waals surface area contributed by atoms with Gasteiger partial charge in [0.2, 0.25) is 0 Å². The Labute approximate surface area is 109 Å². The molecule has 92 valence electrons. The van der Waals surface area contributed by atoms with E-state index >= 15 is 0 Å². The minimum Gasteiger partial charge on any atom is -0.480 e. The van der Waals surface area contributed by atoms with Crippen LogP contribution < -0.4 is 5.73 Å². The topological polar surface area (TPSA) is 76.2 Å². The number of hydrogen-bond acceptors (Lipinski definition) is 4. The number of carbonyl (C=O) groups is 1. The lowest BCUT2D eigenvalue weighted by molar-refractivity contribution is -0.138. The number of fused-ring (bicyclic) bond motifs is 1. The second kappa shape index (κ2) is 5.44. The molecule has 0 spiro atoms. The van der Waals surface area contributed by atoms with Crippen molar-refractivity contribution in [2.75, 3.05) is 0 Å². The highest BCUT2D eigenvalue weighted by Crippen LogP contribution is 2.22. The number of benzene rings is 1. The number of aliphatic carboxylic acids is 1. The van der Waals surface area contributed by atoms with Crippen LogP contribution in [0, 0.1) is 6.92 Å². The van der Waals surface area contributed by atoms with Crippen molar-refractivity contribution in [1.82, 2.24) is 4.98 Å². The molecule has 0 bridgehead atoms. The number of thiazole rings is 1. The van der Waals surface area contributed by atoms with E-state index in [-0.39, 0.29) is 12.4 Å². The summed E-state index contributed by atoms with van der Waals surface area (Å²) in [7, 11) is 0. The van der Waals surface area contributed by atoms with Crippen LogP contribution in [-0.2, 0) is 11.2 Å². The Bertz CT molecular complexity index is 541. The number of hydrogen-bond donors (Lipinski definition) is 2. The van der Waals surface area contributed by atoms with Crippen LogP contribution in [0.2, 0.25) is 0 Å². The number of rotatable bonds is 3. The molecule has 0 aliphatic rings. The minimum absolute atomic E-state index is 0. The number of aryl methyl sites for hydroxylation is 1. The van der Waals surface area contributed by atoms with Crippen molar-refractivity contribution in [3.05, 3.63) is 28.8 Å². The average molecular weight is 273 g/mol. The third-order valence-corrected chi connectivity index (χ3v) is 3.27. The zero-order valence-corrected chi connectivity index (χ0v) is 10.8. The van der Waals surface area contributed by atoms with E-state index in [1.165, 1.54) is 0 Å². The smallest absolute Gasteiger partial charge is 0.320 e. The van der Waals surface area contributed by atoms with E-state index in [4.69, 9.17) is 10.8 Å². The van der Waals surface area contributed by atoms with E-state index in [0.29, 0.717) is 6.42 Å². The number of aromatic nitrogens is 1. The Hall–Kier alpha value is -1.17. The molecule has 1 aromatic carbocycles. The van der Waals surface area contributed by atoms with E-state index < -0.39 is 12.0 Å². The molecule has 0 fully saturated rings. The molecular weight excluding hydrogens is 260 g/mol. The highest BCUT2D eigenvalue weighted by Gasteiger charge is 2.12. The average Bonchev–Trinajstić information content (AvgIpc) is 2.57. The van der Waals surface area contributed by atoms with Gasteiger partial charge in [-0.1, -0.05) is 6.07 Å². The van der Waals surface area contributed by atoms with Gasteiger partial charge in [0.1, 0.15) is 6.04 Å². The van der Waals surface area contributed by atoms with Gasteiger partial charge in [0, 0.05) is 0 Å². The van der Waals surface area contributed by atoms with Crippen molar-refractivity contribution in [1.29, 1.82) is 0 Å². The van der Waals surface area contributed by atoms with E-state index in [2.05, 4.69) is 4.98 Å². The SMILES string of the molecule is Cc1nc2ccc(CC(N)C(=O)O)cc2s1.Cl. The highest BCUT2D eigenvalue weighted by molar-refractivity contribution is 7.18. The monoisotopic (exact) mass is 272 g/mol. The third-order valence-electron chi connectivity index (χ3n) is 2.33. The molecule has 1 atom stereocenters. The lowest BCUT2D eigenvalue weighted by Crippen LogP contribution is -2.32. The third kappa shape index (κ3) is 3.15. The van der Waals surface area contributed by atoms with Crippen LogP contribution >= 0.6 is 23.7 Å². The summed E-state index contributed by atoms with van der Waals surface area (Å²) < 4.78 is 1.08. The molecule has 2 aromatic rings. The summed E-state index contributed by atoms with van der Waals surface area (Å²) >= 11 is 1.60. The first-order chi connectivity index (χ1) is 7.56. The first-order valence-corrected chi connectivity index (χ1v) is 5.72. The molecule has 0 aliphatic carbocycles. The zero-order chi connectivity index (χ0) is 11.7. The molecule has 1 heterocycles. The molecule has 4 nitrogen and oxygen atoms in total. The Morgan fingerprint density at radius 2 is 2.29 bits per heavy atom. The standard InChI is InChI=1S/C11H12N2O2S.ClH/c1-6-13-9-3-2-7(5-10(9)16-6)4-8(12)11(14)15;/h2-3,5,8H,4,12H2,1H3,(H,14,15);1H. The van der Waals surface area contributed by atoms with Gasteiger partial charge in [0.05, 0.1) is 15.2 Å². The van der Waals surface area contributed by atoms with E-state index in [9.17, 15) is 4.79 Å². The Morgan fingerprint density at radius 1 is 1.59 bits per heavy atom. The molecule has 17 heavy (non-hydrogen) atoms. The molecule has 0 saturated heterocycles. The van der Waals surface area contributed by atoms with Gasteiger partial charge in [-0.3, -0.25) is 4.79 Å². The number of nitrogens with zero attached hydrogens (tertiary/aromatic N) is 1. The van der Waals surface area contributed by atoms with Crippen molar-refractivity contribution in [2.45, 2.75) is 19.4 Å². The minimum atomic E-state index is -0.972. The fourth-order valence-electron chi connectivity index (χ4n) is 1.55. The van der Waals surface area contributed by atoms with Crippen LogP contribution in [-0.4, -0.2) is 22.1 Å². The van der Waals surface area contributed by atoms with Crippen LogP contribution in [0.4, 0.5) is 0 Å². The van der Waals surface area contributed by atoms with Crippen molar-refractivity contribution in [3.63, 3.8) is 0 Å². The van der Waals surface area contributed by atoms with E-state index in [1.54, 1.807) is 11.3 Å². The van der Waals surface area contributed by atoms with Gasteiger partial charge < -0.3 is 10.8 Å². The quantitative estimate of drug-likeness (QED) is 0.896. The molecule has 0 aliphatic heterocycles. The van der Waals surface area contributed by atoms with Gasteiger partial charge in [-0.25, -0.2) is 4.98 Å². The van der Waals surface area contributed by atoms with Crippen molar-refractivity contribution in [3.8, 4) is 0 Å². The fourth-order valence-corrected chi connectivity index (χ4v) is 2.44. The first-order valence-electron chi connectivity index (χ1n) is 4.91. The van der Waals surface area contributed by atoms with Gasteiger partial charge in [-0.05, 0) is 31.0 Å². The summed E-state index contributed by atoms with van der Waals surface area (Å²) in [5, 5.41) is 9.73. The van der Waals surface area contributed by atoms with E-state index in [0.717, 1.165) is 20.8 Å². The highest BCUT2D eigenvalue weighted by atomic mass is 35.5. The number of nitrogens with two attached hydrogens (primary N) is 1. The second-order valence-electron chi connectivity index (χ2n) is 3.68. The summed E-state index contributed by atoms with van der Waals surface area (Å²) in [4.78, 5) is 15.0. The molecule has 0 saturated carbocycles. The largest absolute Gasteiger partial charge is 0.480 e. The Kier molecular flexibility index (Phi) is 4.45. The summed E-state index contributed by atoms with van der Waals surface area (Å²) in [5.74, 6) is -0.972. The van der Waals surface area contributed by atoms with Crippen LogP contribution in [0.15, 0.2) is 18.2 Å². The molecule has 0 radical (unpaired) electrons. The Morgan fingerprint density at radius 3 is 2.94 bits per heavy atom. The maximum atomic E-state index is 10.6. The van der Waals surface area contributed by atoms with Crippen molar-refractivity contribution >= 4 is 39.9 Å². The van der Waals surface area contributed by atoms with Crippen LogP contribution in [0.5, 0.6) is 0 Å². The van der Waals surface area contributed by atoms with Crippen molar-refractivity contribution < 1.29 is 9.90 Å². The number of carboxylic acids is 1. The van der Waals surface area contributed by atoms with Crippen LogP contribution in [0.3, 0.4) is 0 Å². The molecule has 1 unspecified atom stereocenters. The van der Waals surface area contributed by atoms with Crippen LogP contribution in [0.25, 0.3) is 10.2 Å². The zero-order valence-electron chi connectivity index (χ0n) is 9.21. The molecule has 2 rings (SSSR count). The van der Waals surface area contributed by atoms with E-state index in [1.807, 2.05) is 25.1 Å². The lowest BCUT2D eigenvalue weighted by Gasteiger charge is -2.05. The normalized spacial score (nSPS) is 12.1. The van der Waals surface area contributed by atoms with Crippen molar-refractivity contribution in [2.24, 2.45) is 5.73 Å². The van der Waals surface area contributed by atoms with Gasteiger partial charge in [0.15, 0.2) is 0 Å². The summed E-state index contributed by atoms with van der Waals surface area (Å²) in [5.41, 5.74) is 7.38.